The lowest BCUT2D eigenvalue weighted by Crippen LogP contribution is -2.40. The van der Waals surface area contributed by atoms with Gasteiger partial charge in [0.1, 0.15) is 5.92 Å². The van der Waals surface area contributed by atoms with E-state index in [1.165, 1.54) is 0 Å². The summed E-state index contributed by atoms with van der Waals surface area (Å²) in [7, 11) is 0. The smallest absolute Gasteiger partial charge is 0.239 e. The molecule has 1 aromatic rings. The number of benzene rings is 1. The first-order valence-electron chi connectivity index (χ1n) is 7.48. The number of nitrogens with zero attached hydrogens (tertiary/aromatic N) is 2. The Balaban J connectivity index is 1.71. The van der Waals surface area contributed by atoms with E-state index in [-0.39, 0.29) is 17.9 Å². The molecule has 2 aliphatic heterocycles. The SMILES string of the molecule is Cc1ccc(N2CCC(C(=O)N3CC[C@H](N)C3)C2=O)cc1. The standard InChI is InChI=1S/C16H21N3O2/c1-11-2-4-13(5-3-11)19-9-7-14(16(19)21)15(20)18-8-6-12(17)10-18/h2-5,12,14H,6-10,17H2,1H3/t12-,14?/m0/s1. The molecular weight excluding hydrogens is 266 g/mol. The predicted molar refractivity (Wildman–Crippen MR) is 80.8 cm³/mol. The summed E-state index contributed by atoms with van der Waals surface area (Å²) in [5.74, 6) is -0.663. The lowest BCUT2D eigenvalue weighted by Gasteiger charge is -2.20. The average Bonchev–Trinajstić information content (AvgIpc) is 3.06. The molecule has 2 fully saturated rings. The van der Waals surface area contributed by atoms with Gasteiger partial charge in [0.15, 0.2) is 0 Å². The highest BCUT2D eigenvalue weighted by molar-refractivity contribution is 6.09. The van der Waals surface area contributed by atoms with Gasteiger partial charge in [0.05, 0.1) is 0 Å². The van der Waals surface area contributed by atoms with Crippen molar-refractivity contribution in [3.63, 3.8) is 0 Å². The Morgan fingerprint density at radius 3 is 2.52 bits per heavy atom. The van der Waals surface area contributed by atoms with E-state index < -0.39 is 5.92 Å². The molecule has 5 nitrogen and oxygen atoms in total. The first kappa shape index (κ1) is 14.1. The second-order valence-corrected chi connectivity index (χ2v) is 6.00. The van der Waals surface area contributed by atoms with Gasteiger partial charge in [0, 0.05) is 31.4 Å². The van der Waals surface area contributed by atoms with E-state index in [2.05, 4.69) is 0 Å². The molecule has 2 aliphatic rings. The molecule has 2 amide bonds. The van der Waals surface area contributed by atoms with Crippen LogP contribution in [0.25, 0.3) is 0 Å². The number of likely N-dealkylation sites (tertiary alicyclic amines) is 1. The van der Waals surface area contributed by atoms with Crippen LogP contribution >= 0.6 is 0 Å². The Kier molecular flexibility index (Phi) is 3.68. The van der Waals surface area contributed by atoms with Gasteiger partial charge in [-0.15, -0.1) is 0 Å². The third kappa shape index (κ3) is 2.65. The number of aryl methyl sites for hydroxylation is 1. The largest absolute Gasteiger partial charge is 0.340 e. The van der Waals surface area contributed by atoms with Gasteiger partial charge in [-0.05, 0) is 31.9 Å². The Morgan fingerprint density at radius 2 is 1.90 bits per heavy atom. The second-order valence-electron chi connectivity index (χ2n) is 6.00. The molecule has 2 N–H and O–H groups in total. The number of carbonyl (C=O) groups excluding carboxylic acids is 2. The molecule has 0 spiro atoms. The number of carbonyl (C=O) groups is 2. The topological polar surface area (TPSA) is 66.6 Å². The Labute approximate surface area is 124 Å². The predicted octanol–water partition coefficient (Wildman–Crippen LogP) is 0.908. The van der Waals surface area contributed by atoms with Crippen molar-refractivity contribution in [2.45, 2.75) is 25.8 Å². The highest BCUT2D eigenvalue weighted by Crippen LogP contribution is 2.27. The van der Waals surface area contributed by atoms with Gasteiger partial charge in [-0.2, -0.15) is 0 Å². The van der Waals surface area contributed by atoms with Crippen LogP contribution in [0.3, 0.4) is 0 Å². The number of hydrogen-bond acceptors (Lipinski definition) is 3. The minimum atomic E-state index is -0.531. The molecule has 21 heavy (non-hydrogen) atoms. The van der Waals surface area contributed by atoms with Gasteiger partial charge in [-0.3, -0.25) is 9.59 Å². The van der Waals surface area contributed by atoms with Crippen LogP contribution in [0, 0.1) is 12.8 Å². The summed E-state index contributed by atoms with van der Waals surface area (Å²) < 4.78 is 0. The maximum Gasteiger partial charge on any atom is 0.239 e. The highest BCUT2D eigenvalue weighted by Gasteiger charge is 2.40. The molecule has 1 aromatic carbocycles. The second kappa shape index (κ2) is 5.48. The number of anilines is 1. The van der Waals surface area contributed by atoms with Gasteiger partial charge in [0.25, 0.3) is 0 Å². The minimum Gasteiger partial charge on any atom is -0.340 e. The zero-order valence-corrected chi connectivity index (χ0v) is 12.3. The third-order valence-corrected chi connectivity index (χ3v) is 4.39. The summed E-state index contributed by atoms with van der Waals surface area (Å²) in [5.41, 5.74) is 7.87. The van der Waals surface area contributed by atoms with Gasteiger partial charge in [0.2, 0.25) is 11.8 Å². The van der Waals surface area contributed by atoms with Crippen LogP contribution in [0.5, 0.6) is 0 Å². The van der Waals surface area contributed by atoms with E-state index in [0.29, 0.717) is 26.1 Å². The molecule has 1 unspecified atom stereocenters. The molecule has 2 heterocycles. The third-order valence-electron chi connectivity index (χ3n) is 4.39. The van der Waals surface area contributed by atoms with Crippen LogP contribution in [-0.2, 0) is 9.59 Å². The maximum atomic E-state index is 12.5. The van der Waals surface area contributed by atoms with Crippen molar-refractivity contribution in [3.05, 3.63) is 29.8 Å². The van der Waals surface area contributed by atoms with Crippen LogP contribution in [0.2, 0.25) is 0 Å². The zero-order chi connectivity index (χ0) is 15.0. The molecule has 0 bridgehead atoms. The average molecular weight is 287 g/mol. The normalized spacial score (nSPS) is 25.7. The fourth-order valence-electron chi connectivity index (χ4n) is 3.10. The highest BCUT2D eigenvalue weighted by atomic mass is 16.2. The van der Waals surface area contributed by atoms with Crippen LogP contribution in [0.1, 0.15) is 18.4 Å². The van der Waals surface area contributed by atoms with Crippen LogP contribution in [0.4, 0.5) is 5.69 Å². The summed E-state index contributed by atoms with van der Waals surface area (Å²) in [4.78, 5) is 28.4. The van der Waals surface area contributed by atoms with E-state index in [4.69, 9.17) is 5.73 Å². The number of hydrogen-bond donors (Lipinski definition) is 1. The minimum absolute atomic E-state index is 0.0532. The van der Waals surface area contributed by atoms with E-state index in [9.17, 15) is 9.59 Å². The first-order chi connectivity index (χ1) is 10.1. The summed E-state index contributed by atoms with van der Waals surface area (Å²) in [5, 5.41) is 0. The van der Waals surface area contributed by atoms with Crippen molar-refractivity contribution >= 4 is 17.5 Å². The lowest BCUT2D eigenvalue weighted by atomic mass is 10.1. The summed E-state index contributed by atoms with van der Waals surface area (Å²) >= 11 is 0. The van der Waals surface area contributed by atoms with Crippen molar-refractivity contribution in [1.29, 1.82) is 0 Å². The van der Waals surface area contributed by atoms with Crippen molar-refractivity contribution in [2.75, 3.05) is 24.5 Å². The first-order valence-corrected chi connectivity index (χ1v) is 7.48. The van der Waals surface area contributed by atoms with E-state index in [1.54, 1.807) is 9.80 Å². The maximum absolute atomic E-state index is 12.5. The fraction of sp³-hybridized carbons (Fsp3) is 0.500. The summed E-state index contributed by atoms with van der Waals surface area (Å²) in [6.45, 7) is 3.87. The number of rotatable bonds is 2. The molecular formula is C16H21N3O2. The zero-order valence-electron chi connectivity index (χ0n) is 12.3. The lowest BCUT2D eigenvalue weighted by molar-refractivity contribution is -0.139. The Hall–Kier alpha value is -1.88. The fourth-order valence-corrected chi connectivity index (χ4v) is 3.10. The summed E-state index contributed by atoms with van der Waals surface area (Å²) in [6.07, 6.45) is 1.42. The van der Waals surface area contributed by atoms with Crippen molar-refractivity contribution in [2.24, 2.45) is 11.7 Å². The molecule has 0 saturated carbocycles. The monoisotopic (exact) mass is 287 g/mol. The van der Waals surface area contributed by atoms with Crippen LogP contribution in [0.15, 0.2) is 24.3 Å². The molecule has 0 radical (unpaired) electrons. The molecule has 3 rings (SSSR count). The molecule has 0 aliphatic carbocycles. The van der Waals surface area contributed by atoms with E-state index in [0.717, 1.165) is 17.7 Å². The van der Waals surface area contributed by atoms with Gasteiger partial charge in [-0.25, -0.2) is 0 Å². The molecule has 0 aromatic heterocycles. The Morgan fingerprint density at radius 1 is 1.19 bits per heavy atom. The number of nitrogens with two attached hydrogens (primary N) is 1. The molecule has 5 heteroatoms. The van der Waals surface area contributed by atoms with E-state index >= 15 is 0 Å². The molecule has 112 valence electrons. The molecule has 2 saturated heterocycles. The number of amides is 2. The van der Waals surface area contributed by atoms with E-state index in [1.807, 2.05) is 31.2 Å². The van der Waals surface area contributed by atoms with Crippen molar-refractivity contribution in [1.82, 2.24) is 4.90 Å². The van der Waals surface area contributed by atoms with Crippen molar-refractivity contribution in [3.8, 4) is 0 Å². The van der Waals surface area contributed by atoms with Gasteiger partial charge in [-0.1, -0.05) is 17.7 Å². The summed E-state index contributed by atoms with van der Waals surface area (Å²) in [6, 6.07) is 7.89. The van der Waals surface area contributed by atoms with Crippen molar-refractivity contribution < 1.29 is 9.59 Å². The van der Waals surface area contributed by atoms with Crippen LogP contribution < -0.4 is 10.6 Å². The van der Waals surface area contributed by atoms with Gasteiger partial charge < -0.3 is 15.5 Å². The quantitative estimate of drug-likeness (QED) is 0.822. The Bertz CT molecular complexity index is 555. The van der Waals surface area contributed by atoms with Crippen LogP contribution in [-0.4, -0.2) is 42.4 Å². The molecule has 2 atom stereocenters. The van der Waals surface area contributed by atoms with Gasteiger partial charge >= 0.3 is 0 Å².